The van der Waals surface area contributed by atoms with Crippen LogP contribution in [0.4, 0.5) is 10.5 Å². The van der Waals surface area contributed by atoms with Crippen LogP contribution in [0.15, 0.2) is 49.2 Å². The first-order valence-electron chi connectivity index (χ1n) is 12.4. The van der Waals surface area contributed by atoms with Crippen molar-refractivity contribution < 1.29 is 4.79 Å². The van der Waals surface area contributed by atoms with Crippen LogP contribution in [0.2, 0.25) is 10.0 Å². The molecule has 0 bridgehead atoms. The average Bonchev–Trinajstić information content (AvgIpc) is 3.58. The number of amides is 2. The van der Waals surface area contributed by atoms with E-state index in [1.165, 1.54) is 6.33 Å². The van der Waals surface area contributed by atoms with Gasteiger partial charge in [0.05, 0.1) is 40.1 Å². The number of benzene rings is 1. The van der Waals surface area contributed by atoms with Crippen molar-refractivity contribution in [1.82, 2.24) is 34.5 Å². The Kier molecular flexibility index (Phi) is 6.43. The minimum atomic E-state index is -0.382. The molecule has 5 heterocycles. The van der Waals surface area contributed by atoms with Gasteiger partial charge in [-0.15, -0.1) is 0 Å². The van der Waals surface area contributed by atoms with Crippen molar-refractivity contribution in [2.24, 2.45) is 0 Å². The molecule has 2 aliphatic heterocycles. The number of piperidine rings is 1. The number of H-pyrrole nitrogens is 1. The first-order valence-corrected chi connectivity index (χ1v) is 13.2. The summed E-state index contributed by atoms with van der Waals surface area (Å²) in [5, 5.41) is 18.9. The number of hydrogen-bond acceptors (Lipinski definition) is 6. The summed E-state index contributed by atoms with van der Waals surface area (Å²) in [5.41, 5.74) is 2.54. The molecule has 4 aromatic rings. The van der Waals surface area contributed by atoms with Crippen LogP contribution in [0.25, 0.3) is 22.3 Å². The third kappa shape index (κ3) is 4.36. The summed E-state index contributed by atoms with van der Waals surface area (Å²) in [6.45, 7) is 2.73. The third-order valence-electron chi connectivity index (χ3n) is 7.56. The molecule has 38 heavy (non-hydrogen) atoms. The minimum Gasteiger partial charge on any atom is -0.346 e. The number of fused-ring (bicyclic) bond motifs is 1. The summed E-state index contributed by atoms with van der Waals surface area (Å²) < 4.78 is 1.93. The molecule has 2 amide bonds. The fraction of sp³-hybridized carbons (Fsp3) is 0.346. The van der Waals surface area contributed by atoms with Crippen LogP contribution >= 0.6 is 23.2 Å². The third-order valence-corrected chi connectivity index (χ3v) is 8.19. The molecule has 2 fully saturated rings. The molecule has 0 radical (unpaired) electrons. The van der Waals surface area contributed by atoms with Crippen LogP contribution in [0.5, 0.6) is 0 Å². The number of hydrogen-bond donors (Lipinski definition) is 2. The van der Waals surface area contributed by atoms with E-state index in [9.17, 15) is 10.1 Å². The number of carbonyl (C=O) groups is 1. The van der Waals surface area contributed by atoms with Crippen molar-refractivity contribution in [3.63, 3.8) is 0 Å². The lowest BCUT2D eigenvalue weighted by molar-refractivity contribution is -0.0399. The van der Waals surface area contributed by atoms with Gasteiger partial charge in [0.1, 0.15) is 17.5 Å². The van der Waals surface area contributed by atoms with Gasteiger partial charge in [0.15, 0.2) is 0 Å². The zero-order valence-electron chi connectivity index (χ0n) is 20.4. The van der Waals surface area contributed by atoms with Crippen LogP contribution in [-0.4, -0.2) is 72.8 Å². The summed E-state index contributed by atoms with van der Waals surface area (Å²) in [4.78, 5) is 28.8. The molecular weight excluding hydrogens is 525 g/mol. The lowest BCUT2D eigenvalue weighted by atomic mass is 9.84. The predicted molar refractivity (Wildman–Crippen MR) is 145 cm³/mol. The number of nitrogens with zero attached hydrogens (tertiary/aromatic N) is 7. The summed E-state index contributed by atoms with van der Waals surface area (Å²) >= 11 is 12.4. The average molecular weight is 550 g/mol. The smallest absolute Gasteiger partial charge is 0.321 e. The van der Waals surface area contributed by atoms with Crippen LogP contribution < -0.4 is 5.32 Å². The number of aromatic amines is 1. The number of nitriles is 1. The summed E-state index contributed by atoms with van der Waals surface area (Å²) in [5.74, 6) is 0. The minimum absolute atomic E-state index is 0.203. The molecule has 0 aliphatic carbocycles. The van der Waals surface area contributed by atoms with Gasteiger partial charge in [0, 0.05) is 55.6 Å². The van der Waals surface area contributed by atoms with Gasteiger partial charge in [-0.2, -0.15) is 10.4 Å². The van der Waals surface area contributed by atoms with Crippen molar-refractivity contribution in [1.29, 1.82) is 5.26 Å². The van der Waals surface area contributed by atoms with E-state index in [4.69, 9.17) is 23.2 Å². The number of para-hydroxylation sites is 1. The number of urea groups is 1. The molecule has 0 unspecified atom stereocenters. The maximum Gasteiger partial charge on any atom is 0.321 e. The molecule has 0 saturated carbocycles. The van der Waals surface area contributed by atoms with Crippen molar-refractivity contribution in [3.8, 4) is 17.3 Å². The van der Waals surface area contributed by atoms with E-state index < -0.39 is 0 Å². The maximum atomic E-state index is 12.8. The van der Waals surface area contributed by atoms with Gasteiger partial charge < -0.3 is 15.2 Å². The van der Waals surface area contributed by atoms with E-state index in [1.54, 1.807) is 29.3 Å². The molecular formula is C26H25Cl2N9O. The van der Waals surface area contributed by atoms with E-state index >= 15 is 0 Å². The molecule has 2 N–H and O–H groups in total. The molecule has 2 aliphatic rings. The Morgan fingerprint density at radius 1 is 1.18 bits per heavy atom. The number of nitrogens with one attached hydrogen (secondary N) is 2. The summed E-state index contributed by atoms with van der Waals surface area (Å²) in [7, 11) is 0. The number of likely N-dealkylation sites (tertiary alicyclic amines) is 2. The normalized spacial score (nSPS) is 17.8. The topological polar surface area (TPSA) is 119 Å². The van der Waals surface area contributed by atoms with Gasteiger partial charge in [-0.05, 0) is 31.0 Å². The zero-order valence-corrected chi connectivity index (χ0v) is 22.0. The number of halogens is 2. The molecule has 2 saturated heterocycles. The number of rotatable bonds is 5. The van der Waals surface area contributed by atoms with Crippen LogP contribution in [-0.2, 0) is 5.54 Å². The Morgan fingerprint density at radius 3 is 2.68 bits per heavy atom. The fourth-order valence-corrected chi connectivity index (χ4v) is 5.99. The highest BCUT2D eigenvalue weighted by atomic mass is 35.5. The highest BCUT2D eigenvalue weighted by Gasteiger charge is 2.48. The van der Waals surface area contributed by atoms with Crippen molar-refractivity contribution in [2.75, 3.05) is 31.5 Å². The second kappa shape index (κ2) is 9.91. The van der Waals surface area contributed by atoms with Gasteiger partial charge in [-0.3, -0.25) is 9.58 Å². The molecule has 3 aromatic heterocycles. The lowest BCUT2D eigenvalue weighted by Crippen LogP contribution is -2.66. The Bertz CT molecular complexity index is 1510. The first-order chi connectivity index (χ1) is 18.5. The monoisotopic (exact) mass is 549 g/mol. The van der Waals surface area contributed by atoms with E-state index in [1.807, 2.05) is 23.1 Å². The molecule has 6 rings (SSSR count). The lowest BCUT2D eigenvalue weighted by Gasteiger charge is -2.53. The fourth-order valence-electron chi connectivity index (χ4n) is 5.50. The van der Waals surface area contributed by atoms with Crippen molar-refractivity contribution >= 4 is 46.0 Å². The Labute approximate surface area is 229 Å². The molecule has 12 heteroatoms. The van der Waals surface area contributed by atoms with Crippen molar-refractivity contribution in [2.45, 2.75) is 30.8 Å². The molecule has 0 atom stereocenters. The van der Waals surface area contributed by atoms with Crippen molar-refractivity contribution in [3.05, 3.63) is 59.2 Å². The number of anilines is 1. The van der Waals surface area contributed by atoms with Crippen LogP contribution in [0, 0.1) is 11.3 Å². The molecule has 10 nitrogen and oxygen atoms in total. The maximum absolute atomic E-state index is 12.8. The van der Waals surface area contributed by atoms with Gasteiger partial charge in [0.2, 0.25) is 0 Å². The highest BCUT2D eigenvalue weighted by Crippen LogP contribution is 2.37. The van der Waals surface area contributed by atoms with Gasteiger partial charge in [-0.1, -0.05) is 29.3 Å². The van der Waals surface area contributed by atoms with E-state index in [0.717, 1.165) is 48.2 Å². The second-order valence-corrected chi connectivity index (χ2v) is 10.7. The molecule has 194 valence electrons. The quantitative estimate of drug-likeness (QED) is 0.370. The second-order valence-electron chi connectivity index (χ2n) is 9.85. The first kappa shape index (κ1) is 24.7. The molecule has 1 aromatic carbocycles. The number of carbonyl (C=O) groups excluding carboxylic acids is 1. The summed E-state index contributed by atoms with van der Waals surface area (Å²) in [6.07, 6.45) is 9.24. The largest absolute Gasteiger partial charge is 0.346 e. The van der Waals surface area contributed by atoms with E-state index in [0.29, 0.717) is 41.3 Å². The van der Waals surface area contributed by atoms with Crippen LogP contribution in [0.3, 0.4) is 0 Å². The Hall–Kier alpha value is -3.65. The van der Waals surface area contributed by atoms with Gasteiger partial charge in [-0.25, -0.2) is 14.8 Å². The summed E-state index contributed by atoms with van der Waals surface area (Å²) in [6, 6.07) is 9.59. The number of aromatic nitrogens is 5. The standard InChI is InChI=1S/C26H25Cl2N9O/c27-20-2-1-3-21(28)23(20)34-25(38)35-10-5-18(6-11-35)36-14-26(15-36,7-8-29)37-13-17(12-33-37)22-19-4-9-30-24(19)32-16-31-22/h1-4,9,12-13,16,18H,5-7,10-11,14-15H2,(H,34,38)(H,30,31,32). The highest BCUT2D eigenvalue weighted by molar-refractivity contribution is 6.39. The Morgan fingerprint density at radius 2 is 1.95 bits per heavy atom. The van der Waals surface area contributed by atoms with E-state index in [2.05, 4.69) is 36.3 Å². The van der Waals surface area contributed by atoms with E-state index in [-0.39, 0.29) is 11.6 Å². The van der Waals surface area contributed by atoms with Gasteiger partial charge in [0.25, 0.3) is 0 Å². The Balaban J connectivity index is 1.10. The predicted octanol–water partition coefficient (Wildman–Crippen LogP) is 4.75. The SMILES string of the molecule is N#CCC1(n2cc(-c3ncnc4[nH]ccc34)cn2)CN(C2CCN(C(=O)Nc3c(Cl)cccc3Cl)CC2)C1. The molecule has 0 spiro atoms. The van der Waals surface area contributed by atoms with Crippen LogP contribution in [0.1, 0.15) is 19.3 Å². The zero-order chi connectivity index (χ0) is 26.3. The van der Waals surface area contributed by atoms with Gasteiger partial charge >= 0.3 is 6.03 Å².